The zero-order valence-corrected chi connectivity index (χ0v) is 15.4. The molecule has 0 spiro atoms. The Kier molecular flexibility index (Phi) is 4.12. The number of benzene rings is 2. The Balaban J connectivity index is 1.57. The SMILES string of the molecule is O=C(c1ccccc1O)N1C[C@H](c2cccc(F)c2F)[C@H]2[C@@H]1C1CCN2CC1. The van der Waals surface area contributed by atoms with Gasteiger partial charge in [0.15, 0.2) is 11.6 Å². The Morgan fingerprint density at radius 1 is 1.00 bits per heavy atom. The second kappa shape index (κ2) is 6.55. The Morgan fingerprint density at radius 2 is 1.75 bits per heavy atom. The molecule has 0 radical (unpaired) electrons. The van der Waals surface area contributed by atoms with E-state index < -0.39 is 11.6 Å². The van der Waals surface area contributed by atoms with E-state index in [0.717, 1.165) is 32.0 Å². The van der Waals surface area contributed by atoms with Gasteiger partial charge >= 0.3 is 0 Å². The second-order valence-corrected chi connectivity index (χ2v) is 8.08. The fraction of sp³-hybridized carbons (Fsp3) is 0.409. The molecular formula is C22H22F2N2O2. The van der Waals surface area contributed by atoms with Crippen LogP contribution in [0, 0.1) is 17.6 Å². The summed E-state index contributed by atoms with van der Waals surface area (Å²) in [5.41, 5.74) is 0.605. The van der Waals surface area contributed by atoms with Crippen molar-refractivity contribution >= 4 is 5.91 Å². The molecule has 4 heterocycles. The van der Waals surface area contributed by atoms with Crippen LogP contribution in [0.3, 0.4) is 0 Å². The van der Waals surface area contributed by atoms with Gasteiger partial charge in [-0.05, 0) is 55.6 Å². The zero-order chi connectivity index (χ0) is 19.4. The molecule has 4 aliphatic rings. The molecule has 3 atom stereocenters. The van der Waals surface area contributed by atoms with Crippen molar-refractivity contribution in [1.29, 1.82) is 0 Å². The number of hydrogen-bond donors (Lipinski definition) is 1. The van der Waals surface area contributed by atoms with Gasteiger partial charge in [-0.25, -0.2) is 8.78 Å². The van der Waals surface area contributed by atoms with Gasteiger partial charge < -0.3 is 10.0 Å². The average molecular weight is 384 g/mol. The van der Waals surface area contributed by atoms with Crippen molar-refractivity contribution < 1.29 is 18.7 Å². The van der Waals surface area contributed by atoms with Crippen LogP contribution in [0.15, 0.2) is 42.5 Å². The molecule has 6 rings (SSSR count). The monoisotopic (exact) mass is 384 g/mol. The Hall–Kier alpha value is -2.47. The van der Waals surface area contributed by atoms with Gasteiger partial charge in [0.25, 0.3) is 5.91 Å². The van der Waals surface area contributed by atoms with Crippen LogP contribution in [-0.4, -0.2) is 52.5 Å². The maximum atomic E-state index is 14.6. The third-order valence-corrected chi connectivity index (χ3v) is 6.77. The number of phenolic OH excluding ortho intramolecular Hbond substituents is 1. The number of hydrogen-bond acceptors (Lipinski definition) is 3. The van der Waals surface area contributed by atoms with Crippen LogP contribution in [-0.2, 0) is 0 Å². The standard InChI is InChI=1S/C22H22F2N2O2/c23-17-6-3-5-14(19(17)24)16-12-26(22(28)15-4-1-2-7-18(15)27)20-13-8-10-25(11-9-13)21(16)20/h1-7,13,16,20-21,27H,8-12H2/t16-,20+,21+/m1/s1. The molecule has 4 nitrogen and oxygen atoms in total. The van der Waals surface area contributed by atoms with E-state index in [0.29, 0.717) is 18.0 Å². The third-order valence-electron chi connectivity index (χ3n) is 6.77. The summed E-state index contributed by atoms with van der Waals surface area (Å²) in [7, 11) is 0. The predicted octanol–water partition coefficient (Wildman–Crippen LogP) is 3.37. The van der Waals surface area contributed by atoms with Crippen molar-refractivity contribution in [2.45, 2.75) is 30.8 Å². The number of fused-ring (bicyclic) bond motifs is 2. The molecule has 4 aliphatic heterocycles. The van der Waals surface area contributed by atoms with Crippen LogP contribution < -0.4 is 0 Å². The van der Waals surface area contributed by atoms with E-state index in [1.807, 2.05) is 0 Å². The fourth-order valence-electron chi connectivity index (χ4n) is 5.54. The molecule has 4 fully saturated rings. The summed E-state index contributed by atoms with van der Waals surface area (Å²) in [6.45, 7) is 2.19. The van der Waals surface area contributed by atoms with Gasteiger partial charge in [-0.3, -0.25) is 9.69 Å². The van der Waals surface area contributed by atoms with E-state index >= 15 is 0 Å². The topological polar surface area (TPSA) is 43.8 Å². The van der Waals surface area contributed by atoms with Crippen LogP contribution in [0.25, 0.3) is 0 Å². The zero-order valence-electron chi connectivity index (χ0n) is 15.4. The van der Waals surface area contributed by atoms with Gasteiger partial charge in [-0.2, -0.15) is 0 Å². The minimum atomic E-state index is -0.851. The highest BCUT2D eigenvalue weighted by molar-refractivity contribution is 5.97. The Morgan fingerprint density at radius 3 is 2.50 bits per heavy atom. The molecule has 4 saturated heterocycles. The number of nitrogens with zero attached hydrogens (tertiary/aromatic N) is 2. The molecule has 1 N–H and O–H groups in total. The summed E-state index contributed by atoms with van der Waals surface area (Å²) < 4.78 is 28.5. The van der Waals surface area contributed by atoms with Crippen molar-refractivity contribution in [2.75, 3.05) is 19.6 Å². The normalized spacial score (nSPS) is 31.1. The quantitative estimate of drug-likeness (QED) is 0.863. The van der Waals surface area contributed by atoms with E-state index in [1.54, 1.807) is 29.2 Å². The molecule has 6 heteroatoms. The fourth-order valence-corrected chi connectivity index (χ4v) is 5.54. The van der Waals surface area contributed by atoms with Gasteiger partial charge in [0.05, 0.1) is 11.6 Å². The van der Waals surface area contributed by atoms with Crippen LogP contribution in [0.4, 0.5) is 8.78 Å². The molecule has 2 aromatic rings. The number of carbonyl (C=O) groups is 1. The van der Waals surface area contributed by atoms with E-state index in [4.69, 9.17) is 0 Å². The van der Waals surface area contributed by atoms with Gasteiger partial charge in [-0.15, -0.1) is 0 Å². The van der Waals surface area contributed by atoms with Gasteiger partial charge in [0.2, 0.25) is 0 Å². The smallest absolute Gasteiger partial charge is 0.257 e. The van der Waals surface area contributed by atoms with Crippen LogP contribution in [0.2, 0.25) is 0 Å². The van der Waals surface area contributed by atoms with Crippen molar-refractivity contribution in [1.82, 2.24) is 9.80 Å². The second-order valence-electron chi connectivity index (χ2n) is 8.08. The largest absolute Gasteiger partial charge is 0.507 e. The number of aromatic hydroxyl groups is 1. The number of piperidine rings is 3. The molecule has 0 aromatic heterocycles. The van der Waals surface area contributed by atoms with E-state index in [9.17, 15) is 18.7 Å². The van der Waals surface area contributed by atoms with Gasteiger partial charge in [-0.1, -0.05) is 24.3 Å². The summed E-state index contributed by atoms with van der Waals surface area (Å²) in [4.78, 5) is 17.4. The van der Waals surface area contributed by atoms with Gasteiger partial charge in [0, 0.05) is 18.5 Å². The number of rotatable bonds is 2. The Labute approximate surface area is 162 Å². The lowest BCUT2D eigenvalue weighted by atomic mass is 9.75. The molecule has 0 aliphatic carbocycles. The summed E-state index contributed by atoms with van der Waals surface area (Å²) in [6, 6.07) is 10.8. The first-order valence-electron chi connectivity index (χ1n) is 9.83. The number of amides is 1. The first kappa shape index (κ1) is 17.6. The third kappa shape index (κ3) is 2.54. The van der Waals surface area contributed by atoms with E-state index in [2.05, 4.69) is 4.90 Å². The lowest BCUT2D eigenvalue weighted by Crippen LogP contribution is -2.60. The summed E-state index contributed by atoms with van der Waals surface area (Å²) >= 11 is 0. The molecule has 1 amide bonds. The van der Waals surface area contributed by atoms with E-state index in [1.165, 1.54) is 12.1 Å². The summed E-state index contributed by atoms with van der Waals surface area (Å²) in [5, 5.41) is 10.2. The molecule has 0 unspecified atom stereocenters. The number of likely N-dealkylation sites (tertiary alicyclic amines) is 1. The van der Waals surface area contributed by atoms with Crippen molar-refractivity contribution in [3.8, 4) is 5.75 Å². The number of phenols is 1. The lowest BCUT2D eigenvalue weighted by Gasteiger charge is -2.51. The van der Waals surface area contributed by atoms with Gasteiger partial charge in [0.1, 0.15) is 5.75 Å². The first-order chi connectivity index (χ1) is 13.6. The Bertz CT molecular complexity index is 927. The highest BCUT2D eigenvalue weighted by atomic mass is 19.2. The first-order valence-corrected chi connectivity index (χ1v) is 9.83. The maximum Gasteiger partial charge on any atom is 0.257 e. The van der Waals surface area contributed by atoms with E-state index in [-0.39, 0.29) is 35.2 Å². The predicted molar refractivity (Wildman–Crippen MR) is 100 cm³/mol. The lowest BCUT2D eigenvalue weighted by molar-refractivity contribution is -0.00366. The number of para-hydroxylation sites is 1. The average Bonchev–Trinajstić information content (AvgIpc) is 3.13. The molecule has 146 valence electrons. The minimum absolute atomic E-state index is 0.0152. The van der Waals surface area contributed by atoms with Crippen LogP contribution in [0.1, 0.15) is 34.7 Å². The maximum absolute atomic E-state index is 14.6. The highest BCUT2D eigenvalue weighted by Crippen LogP contribution is 2.47. The van der Waals surface area contributed by atoms with Crippen molar-refractivity contribution in [3.63, 3.8) is 0 Å². The van der Waals surface area contributed by atoms with Crippen LogP contribution >= 0.6 is 0 Å². The van der Waals surface area contributed by atoms with Crippen molar-refractivity contribution in [2.24, 2.45) is 5.92 Å². The molecular weight excluding hydrogens is 362 g/mol. The molecule has 2 aromatic carbocycles. The summed E-state index contributed by atoms with van der Waals surface area (Å²) in [6.07, 6.45) is 2.01. The molecule has 0 saturated carbocycles. The summed E-state index contributed by atoms with van der Waals surface area (Å²) in [5.74, 6) is -1.88. The minimum Gasteiger partial charge on any atom is -0.507 e. The molecule has 2 bridgehead atoms. The molecule has 28 heavy (non-hydrogen) atoms. The highest BCUT2D eigenvalue weighted by Gasteiger charge is 2.55. The van der Waals surface area contributed by atoms with Crippen molar-refractivity contribution in [3.05, 3.63) is 65.2 Å². The van der Waals surface area contributed by atoms with Crippen LogP contribution in [0.5, 0.6) is 5.75 Å². The number of halogens is 2. The number of carbonyl (C=O) groups excluding carboxylic acids is 1.